The molecule has 2 aromatic rings. The van der Waals surface area contributed by atoms with Crippen molar-refractivity contribution in [1.82, 2.24) is 19.9 Å². The highest BCUT2D eigenvalue weighted by atomic mass is 32.2. The maximum Gasteiger partial charge on any atom is 0.287 e. The number of hydrogen-bond donors (Lipinski definition) is 2. The molecule has 1 saturated carbocycles. The van der Waals surface area contributed by atoms with Crippen LogP contribution in [0.3, 0.4) is 0 Å². The van der Waals surface area contributed by atoms with Gasteiger partial charge in [-0.05, 0) is 49.4 Å². The Bertz CT molecular complexity index is 1150. The molecule has 2 fully saturated rings. The molecule has 2 N–H and O–H groups in total. The Morgan fingerprint density at radius 1 is 1.08 bits per heavy atom. The molecule has 2 aromatic heterocycles. The molecule has 0 unspecified atom stereocenters. The predicted octanol–water partition coefficient (Wildman–Crippen LogP) is 2.28. The molecule has 36 heavy (non-hydrogen) atoms. The summed E-state index contributed by atoms with van der Waals surface area (Å²) in [7, 11) is -3.93. The molecule has 1 aliphatic carbocycles. The number of furan rings is 1. The maximum absolute atomic E-state index is 13.3. The fraction of sp³-hybridized carbons (Fsp3) is 0.520. The Balaban J connectivity index is 1.43. The van der Waals surface area contributed by atoms with Gasteiger partial charge in [0.15, 0.2) is 16.6 Å². The van der Waals surface area contributed by atoms with Crippen molar-refractivity contribution in [1.29, 1.82) is 0 Å². The third-order valence-electron chi connectivity index (χ3n) is 6.84. The van der Waals surface area contributed by atoms with Gasteiger partial charge in [-0.2, -0.15) is 4.31 Å². The van der Waals surface area contributed by atoms with E-state index < -0.39 is 39.7 Å². The summed E-state index contributed by atoms with van der Waals surface area (Å²) in [5.74, 6) is -0.919. The second-order valence-electron chi connectivity index (χ2n) is 9.42. The smallest absolute Gasteiger partial charge is 0.287 e. The molecule has 0 radical (unpaired) electrons. The van der Waals surface area contributed by atoms with Crippen molar-refractivity contribution in [2.75, 3.05) is 13.1 Å². The van der Waals surface area contributed by atoms with Crippen molar-refractivity contribution in [3.8, 4) is 0 Å². The van der Waals surface area contributed by atoms with E-state index in [4.69, 9.17) is 4.42 Å². The summed E-state index contributed by atoms with van der Waals surface area (Å²) in [5, 5.41) is 5.44. The van der Waals surface area contributed by atoms with E-state index >= 15 is 0 Å². The van der Waals surface area contributed by atoms with Crippen LogP contribution in [0.5, 0.6) is 0 Å². The highest BCUT2D eigenvalue weighted by molar-refractivity contribution is 7.89. The van der Waals surface area contributed by atoms with Crippen LogP contribution in [0.15, 0.2) is 52.2 Å². The van der Waals surface area contributed by atoms with Crippen LogP contribution in [-0.4, -0.2) is 60.5 Å². The fourth-order valence-corrected chi connectivity index (χ4v) is 6.26. The molecule has 1 saturated heterocycles. The largest absolute Gasteiger partial charge is 0.459 e. The molecule has 0 spiro atoms. The fourth-order valence-electron chi connectivity index (χ4n) is 4.88. The molecular weight excluding hydrogens is 484 g/mol. The van der Waals surface area contributed by atoms with E-state index in [1.165, 1.54) is 31.0 Å². The van der Waals surface area contributed by atoms with Gasteiger partial charge < -0.3 is 15.1 Å². The zero-order chi connectivity index (χ0) is 25.5. The van der Waals surface area contributed by atoms with Crippen LogP contribution in [0, 0.1) is 5.92 Å². The maximum atomic E-state index is 13.3. The van der Waals surface area contributed by atoms with E-state index in [0.29, 0.717) is 25.2 Å². The summed E-state index contributed by atoms with van der Waals surface area (Å²) in [6.45, 7) is -0.201. The van der Waals surface area contributed by atoms with Crippen molar-refractivity contribution >= 4 is 27.6 Å². The molecule has 3 heterocycles. The summed E-state index contributed by atoms with van der Waals surface area (Å²) >= 11 is 0. The van der Waals surface area contributed by atoms with Crippen LogP contribution in [-0.2, 0) is 19.6 Å². The molecule has 0 bridgehead atoms. The van der Waals surface area contributed by atoms with E-state index in [0.717, 1.165) is 30.0 Å². The second-order valence-corrected chi connectivity index (χ2v) is 11.3. The number of sulfonamides is 1. The third kappa shape index (κ3) is 6.38. The molecule has 4 rings (SSSR count). The number of carbonyl (C=O) groups excluding carboxylic acids is 3. The highest BCUT2D eigenvalue weighted by Gasteiger charge is 2.35. The average Bonchev–Trinajstić information content (AvgIpc) is 3.36. The van der Waals surface area contributed by atoms with Gasteiger partial charge in [-0.3, -0.25) is 14.4 Å². The molecule has 1 aliphatic heterocycles. The first-order chi connectivity index (χ1) is 17.3. The lowest BCUT2D eigenvalue weighted by atomic mass is 9.84. The summed E-state index contributed by atoms with van der Waals surface area (Å²) in [5.41, 5.74) is 0. The van der Waals surface area contributed by atoms with Crippen molar-refractivity contribution in [3.63, 3.8) is 0 Å². The average molecular weight is 517 g/mol. The van der Waals surface area contributed by atoms with E-state index in [1.54, 1.807) is 18.2 Å². The minimum Gasteiger partial charge on any atom is -0.459 e. The van der Waals surface area contributed by atoms with Crippen LogP contribution in [0.25, 0.3) is 0 Å². The number of aromatic nitrogens is 1. The minimum atomic E-state index is -3.93. The number of amides is 2. The molecule has 2 atom stereocenters. The number of hydrogen-bond acceptors (Lipinski definition) is 7. The summed E-state index contributed by atoms with van der Waals surface area (Å²) in [4.78, 5) is 42.9. The number of rotatable bonds is 8. The van der Waals surface area contributed by atoms with Gasteiger partial charge in [-0.25, -0.2) is 13.4 Å². The summed E-state index contributed by atoms with van der Waals surface area (Å²) in [6.07, 6.45) is 9.28. The van der Waals surface area contributed by atoms with Crippen LogP contribution >= 0.6 is 0 Å². The standard InChI is InChI=1S/C25H32N4O6S/c30-21-17-29(36(33,34)23-12-4-5-13-26-23)14-6-10-19(21)27-24(31)20(16-18-8-2-1-3-9-18)28-25(32)22-11-7-15-35-22/h4-5,7,11-13,15,18-20H,1-3,6,8-10,14,16-17H2,(H,27,31)(H,28,32)/t19-,20-/m0/s1. The number of pyridine rings is 1. The van der Waals surface area contributed by atoms with Gasteiger partial charge in [0.2, 0.25) is 5.91 Å². The van der Waals surface area contributed by atoms with E-state index in [-0.39, 0.29) is 23.9 Å². The third-order valence-corrected chi connectivity index (χ3v) is 8.60. The van der Waals surface area contributed by atoms with Crippen LogP contribution in [0.1, 0.15) is 61.9 Å². The first-order valence-electron chi connectivity index (χ1n) is 12.4. The molecule has 2 amide bonds. The monoisotopic (exact) mass is 516 g/mol. The quantitative estimate of drug-likeness (QED) is 0.549. The number of nitrogens with zero attached hydrogens (tertiary/aromatic N) is 2. The molecular formula is C25H32N4O6S. The number of nitrogens with one attached hydrogen (secondary N) is 2. The number of ketones is 1. The first kappa shape index (κ1) is 26.0. The Kier molecular flexibility index (Phi) is 8.52. The Hall–Kier alpha value is -3.05. The van der Waals surface area contributed by atoms with Gasteiger partial charge >= 0.3 is 0 Å². The van der Waals surface area contributed by atoms with Gasteiger partial charge in [0.05, 0.1) is 18.8 Å². The van der Waals surface area contributed by atoms with Gasteiger partial charge in [0.25, 0.3) is 15.9 Å². The Morgan fingerprint density at radius 3 is 2.58 bits per heavy atom. The molecule has 11 heteroatoms. The topological polar surface area (TPSA) is 139 Å². The summed E-state index contributed by atoms with van der Waals surface area (Å²) in [6, 6.07) is 6.04. The highest BCUT2D eigenvalue weighted by Crippen LogP contribution is 2.28. The first-order valence-corrected chi connectivity index (χ1v) is 13.9. The zero-order valence-corrected chi connectivity index (χ0v) is 20.9. The number of carbonyl (C=O) groups is 3. The van der Waals surface area contributed by atoms with Crippen LogP contribution < -0.4 is 10.6 Å². The van der Waals surface area contributed by atoms with Gasteiger partial charge in [-0.15, -0.1) is 0 Å². The Morgan fingerprint density at radius 2 is 1.89 bits per heavy atom. The predicted molar refractivity (Wildman–Crippen MR) is 130 cm³/mol. The van der Waals surface area contributed by atoms with E-state index in [2.05, 4.69) is 15.6 Å². The lowest BCUT2D eigenvalue weighted by Crippen LogP contribution is -2.53. The molecule has 2 aliphatic rings. The van der Waals surface area contributed by atoms with E-state index in [9.17, 15) is 22.8 Å². The molecule has 0 aromatic carbocycles. The Labute approximate surface area is 210 Å². The molecule has 10 nitrogen and oxygen atoms in total. The second kappa shape index (κ2) is 11.8. The van der Waals surface area contributed by atoms with E-state index in [1.807, 2.05) is 0 Å². The van der Waals surface area contributed by atoms with Gasteiger partial charge in [0.1, 0.15) is 6.04 Å². The number of Topliss-reactive ketones (excluding diaryl/α,β-unsaturated/α-hetero) is 1. The van der Waals surface area contributed by atoms with Gasteiger partial charge in [-0.1, -0.05) is 38.2 Å². The van der Waals surface area contributed by atoms with Gasteiger partial charge in [0, 0.05) is 12.7 Å². The molecule has 194 valence electrons. The van der Waals surface area contributed by atoms with Crippen molar-refractivity contribution in [2.45, 2.75) is 68.5 Å². The lowest BCUT2D eigenvalue weighted by Gasteiger charge is -2.27. The summed E-state index contributed by atoms with van der Waals surface area (Å²) < 4.78 is 32.2. The van der Waals surface area contributed by atoms with Crippen LogP contribution in [0.2, 0.25) is 0 Å². The van der Waals surface area contributed by atoms with Crippen LogP contribution in [0.4, 0.5) is 0 Å². The lowest BCUT2D eigenvalue weighted by molar-refractivity contribution is -0.129. The van der Waals surface area contributed by atoms with Crippen molar-refractivity contribution in [3.05, 3.63) is 48.6 Å². The van der Waals surface area contributed by atoms with Crippen molar-refractivity contribution < 1.29 is 27.2 Å². The zero-order valence-electron chi connectivity index (χ0n) is 20.1. The SMILES string of the molecule is O=C(N[C@@H](CC1CCCCC1)C(=O)N[C@H]1CCCN(S(=O)(=O)c2ccccn2)CC1=O)c1ccco1. The normalized spacial score (nSPS) is 20.9. The van der Waals surface area contributed by atoms with Crippen molar-refractivity contribution in [2.24, 2.45) is 5.92 Å². The minimum absolute atomic E-state index is 0.109.